The zero-order valence-electron chi connectivity index (χ0n) is 21.8. The van der Waals surface area contributed by atoms with Crippen molar-refractivity contribution in [2.24, 2.45) is 23.5 Å². The van der Waals surface area contributed by atoms with Crippen LogP contribution in [0.1, 0.15) is 58.9 Å². The molecule has 0 unspecified atom stereocenters. The highest BCUT2D eigenvalue weighted by atomic mass is 35.5. The highest BCUT2D eigenvalue weighted by molar-refractivity contribution is 5.85. The van der Waals surface area contributed by atoms with E-state index in [4.69, 9.17) is 19.9 Å². The number of carbonyl (C=O) groups excluding carboxylic acids is 1. The van der Waals surface area contributed by atoms with Crippen LogP contribution in [0.2, 0.25) is 0 Å². The standard InChI is InChI=1S/C26H46N2O5.ClH/c1-7-20(8-2)26(30)28-17-23(29)22(27)16-21(18(3)4)14-19-10-11-24(32-6)25(15-19)33-13-9-12-31-5;/h10-11,15,18,20-23,29H,7-9,12-14,16-17,27H2,1-6H3,(H,28,30);1H/t21-,22-,23-;/m0./s1. The van der Waals surface area contributed by atoms with Gasteiger partial charge in [0.15, 0.2) is 11.5 Å². The molecule has 1 aromatic rings. The molecule has 0 heterocycles. The van der Waals surface area contributed by atoms with Crippen LogP contribution in [0.25, 0.3) is 0 Å². The predicted molar refractivity (Wildman–Crippen MR) is 140 cm³/mol. The molecule has 0 saturated carbocycles. The molecule has 4 N–H and O–H groups in total. The molecule has 0 aromatic heterocycles. The molecular formula is C26H47ClN2O5. The predicted octanol–water partition coefficient (Wildman–Crippen LogP) is 3.98. The molecule has 8 heteroatoms. The molecule has 0 aliphatic carbocycles. The fourth-order valence-corrected chi connectivity index (χ4v) is 3.91. The van der Waals surface area contributed by atoms with Gasteiger partial charge in [0.05, 0.1) is 19.8 Å². The third-order valence-electron chi connectivity index (χ3n) is 6.33. The molecular weight excluding hydrogens is 456 g/mol. The molecule has 0 spiro atoms. The number of aliphatic hydroxyl groups excluding tert-OH is 1. The summed E-state index contributed by atoms with van der Waals surface area (Å²) in [5.74, 6) is 2.06. The normalized spacial score (nSPS) is 13.8. The van der Waals surface area contributed by atoms with Crippen molar-refractivity contribution in [1.29, 1.82) is 0 Å². The Morgan fingerprint density at radius 2 is 1.79 bits per heavy atom. The van der Waals surface area contributed by atoms with E-state index in [0.717, 1.165) is 37.0 Å². The maximum atomic E-state index is 12.2. The van der Waals surface area contributed by atoms with Gasteiger partial charge >= 0.3 is 0 Å². The van der Waals surface area contributed by atoms with Crippen molar-refractivity contribution in [3.05, 3.63) is 23.8 Å². The van der Waals surface area contributed by atoms with Crippen LogP contribution in [0.15, 0.2) is 18.2 Å². The molecule has 0 radical (unpaired) electrons. The molecule has 198 valence electrons. The van der Waals surface area contributed by atoms with Crippen LogP contribution in [-0.4, -0.2) is 57.1 Å². The van der Waals surface area contributed by atoms with Crippen LogP contribution in [0.4, 0.5) is 0 Å². The number of hydrogen-bond acceptors (Lipinski definition) is 6. The topological polar surface area (TPSA) is 103 Å². The van der Waals surface area contributed by atoms with Gasteiger partial charge in [0, 0.05) is 38.6 Å². The number of carbonyl (C=O) groups is 1. The lowest BCUT2D eigenvalue weighted by Crippen LogP contribution is -2.46. The fraction of sp³-hybridized carbons (Fsp3) is 0.731. The Bertz CT molecular complexity index is 685. The molecule has 1 rings (SSSR count). The Hall–Kier alpha value is -1.54. The molecule has 0 aliphatic rings. The van der Waals surface area contributed by atoms with Gasteiger partial charge in [-0.1, -0.05) is 33.8 Å². The number of nitrogens with two attached hydrogens (primary N) is 1. The van der Waals surface area contributed by atoms with Crippen LogP contribution >= 0.6 is 12.4 Å². The van der Waals surface area contributed by atoms with E-state index >= 15 is 0 Å². The minimum atomic E-state index is -0.778. The monoisotopic (exact) mass is 502 g/mol. The van der Waals surface area contributed by atoms with E-state index in [9.17, 15) is 9.90 Å². The summed E-state index contributed by atoms with van der Waals surface area (Å²) in [6.45, 7) is 9.73. The van der Waals surface area contributed by atoms with E-state index in [1.165, 1.54) is 0 Å². The SMILES string of the molecule is CCC(CC)C(=O)NC[C@H](O)[C@@H](N)C[C@H](Cc1ccc(OC)c(OCCCOC)c1)C(C)C.Cl. The van der Waals surface area contributed by atoms with Gasteiger partial charge in [0.25, 0.3) is 0 Å². The highest BCUT2D eigenvalue weighted by Gasteiger charge is 2.24. The third kappa shape index (κ3) is 11.3. The third-order valence-corrected chi connectivity index (χ3v) is 6.33. The molecule has 34 heavy (non-hydrogen) atoms. The second kappa shape index (κ2) is 17.8. The molecule has 0 fully saturated rings. The van der Waals surface area contributed by atoms with E-state index in [2.05, 4.69) is 19.2 Å². The number of benzene rings is 1. The molecule has 0 aliphatic heterocycles. The van der Waals surface area contributed by atoms with Crippen LogP contribution in [0, 0.1) is 17.8 Å². The maximum absolute atomic E-state index is 12.2. The Kier molecular flexibility index (Phi) is 17.0. The molecule has 0 bridgehead atoms. The van der Waals surface area contributed by atoms with E-state index in [1.54, 1.807) is 14.2 Å². The Labute approximate surface area is 212 Å². The number of ether oxygens (including phenoxy) is 3. The summed E-state index contributed by atoms with van der Waals surface area (Å²) in [7, 11) is 3.31. The quantitative estimate of drug-likeness (QED) is 0.278. The largest absolute Gasteiger partial charge is 0.493 e. The number of methoxy groups -OCH3 is 2. The molecule has 7 nitrogen and oxygen atoms in total. The molecule has 1 aromatic carbocycles. The first-order valence-electron chi connectivity index (χ1n) is 12.3. The summed E-state index contributed by atoms with van der Waals surface area (Å²) in [4.78, 5) is 12.2. The van der Waals surface area contributed by atoms with E-state index in [1.807, 2.05) is 32.0 Å². The zero-order valence-corrected chi connectivity index (χ0v) is 22.7. The average Bonchev–Trinajstić information content (AvgIpc) is 2.80. The number of nitrogens with one attached hydrogen (secondary N) is 1. The number of rotatable bonds is 17. The number of hydrogen-bond donors (Lipinski definition) is 3. The first-order chi connectivity index (χ1) is 15.8. The van der Waals surface area contributed by atoms with Crippen molar-refractivity contribution in [2.75, 3.05) is 34.0 Å². The summed E-state index contributed by atoms with van der Waals surface area (Å²) in [6, 6.07) is 5.59. The van der Waals surface area contributed by atoms with Crippen molar-refractivity contribution in [3.8, 4) is 11.5 Å². The second-order valence-corrected chi connectivity index (χ2v) is 9.11. The van der Waals surface area contributed by atoms with Crippen LogP contribution in [0.3, 0.4) is 0 Å². The van der Waals surface area contributed by atoms with Crippen molar-refractivity contribution < 1.29 is 24.1 Å². The van der Waals surface area contributed by atoms with Gasteiger partial charge < -0.3 is 30.4 Å². The smallest absolute Gasteiger partial charge is 0.223 e. The molecule has 3 atom stereocenters. The van der Waals surface area contributed by atoms with Crippen molar-refractivity contribution in [3.63, 3.8) is 0 Å². The van der Waals surface area contributed by atoms with E-state index < -0.39 is 12.1 Å². The van der Waals surface area contributed by atoms with Gasteiger partial charge in [-0.15, -0.1) is 12.4 Å². The van der Waals surface area contributed by atoms with E-state index in [0.29, 0.717) is 31.3 Å². The molecule has 1 amide bonds. The number of halogens is 1. The summed E-state index contributed by atoms with van der Waals surface area (Å²) in [6.07, 6.45) is 3.09. The highest BCUT2D eigenvalue weighted by Crippen LogP contribution is 2.31. The fourth-order valence-electron chi connectivity index (χ4n) is 3.91. The Morgan fingerprint density at radius 3 is 2.35 bits per heavy atom. The first-order valence-corrected chi connectivity index (χ1v) is 12.3. The minimum Gasteiger partial charge on any atom is -0.493 e. The van der Waals surface area contributed by atoms with Crippen molar-refractivity contribution in [2.45, 2.75) is 71.9 Å². The lowest BCUT2D eigenvalue weighted by atomic mass is 9.83. The molecule has 0 saturated heterocycles. The lowest BCUT2D eigenvalue weighted by molar-refractivity contribution is -0.125. The Balaban J connectivity index is 0.0000109. The van der Waals surface area contributed by atoms with Crippen LogP contribution in [0.5, 0.6) is 11.5 Å². The van der Waals surface area contributed by atoms with E-state index in [-0.39, 0.29) is 36.7 Å². The summed E-state index contributed by atoms with van der Waals surface area (Å²) in [5.41, 5.74) is 7.49. The maximum Gasteiger partial charge on any atom is 0.223 e. The summed E-state index contributed by atoms with van der Waals surface area (Å²) < 4.78 is 16.4. The summed E-state index contributed by atoms with van der Waals surface area (Å²) in [5, 5.41) is 13.4. The number of amides is 1. The van der Waals surface area contributed by atoms with Crippen molar-refractivity contribution >= 4 is 18.3 Å². The average molecular weight is 503 g/mol. The second-order valence-electron chi connectivity index (χ2n) is 9.11. The zero-order chi connectivity index (χ0) is 24.8. The van der Waals surface area contributed by atoms with Gasteiger partial charge in [-0.25, -0.2) is 0 Å². The van der Waals surface area contributed by atoms with Gasteiger partial charge in [0.2, 0.25) is 5.91 Å². The summed E-state index contributed by atoms with van der Waals surface area (Å²) >= 11 is 0. The van der Waals surface area contributed by atoms with Gasteiger partial charge in [0.1, 0.15) is 0 Å². The Morgan fingerprint density at radius 1 is 1.12 bits per heavy atom. The van der Waals surface area contributed by atoms with Gasteiger partial charge in [-0.3, -0.25) is 4.79 Å². The van der Waals surface area contributed by atoms with Gasteiger partial charge in [-0.05, 0) is 55.2 Å². The minimum absolute atomic E-state index is 0. The first kappa shape index (κ1) is 32.5. The van der Waals surface area contributed by atoms with Gasteiger partial charge in [-0.2, -0.15) is 0 Å². The van der Waals surface area contributed by atoms with Crippen LogP contribution < -0.4 is 20.5 Å². The van der Waals surface area contributed by atoms with Crippen molar-refractivity contribution in [1.82, 2.24) is 5.32 Å². The van der Waals surface area contributed by atoms with Crippen LogP contribution in [-0.2, 0) is 16.0 Å². The number of aliphatic hydroxyl groups is 1. The lowest BCUT2D eigenvalue weighted by Gasteiger charge is -2.28.